The minimum absolute atomic E-state index is 0.158. The highest BCUT2D eigenvalue weighted by atomic mass is 35.5. The Labute approximate surface area is 116 Å². The Hall–Kier alpha value is -0.880. The maximum atomic E-state index is 11.8. The summed E-state index contributed by atoms with van der Waals surface area (Å²) in [6.45, 7) is 2.06. The fourth-order valence-corrected chi connectivity index (χ4v) is 1.98. The van der Waals surface area contributed by atoms with E-state index < -0.39 is 0 Å². The summed E-state index contributed by atoms with van der Waals surface area (Å²) in [7, 11) is 1.51. The molecule has 0 bridgehead atoms. The zero-order valence-electron chi connectivity index (χ0n) is 10.2. The molecule has 0 aliphatic carbocycles. The fourth-order valence-electron chi connectivity index (χ4n) is 1.41. The van der Waals surface area contributed by atoms with Crippen LogP contribution in [0.5, 0.6) is 0 Å². The monoisotopic (exact) mass is 291 g/mol. The Balaban J connectivity index is 2.76. The van der Waals surface area contributed by atoms with Crippen molar-refractivity contribution >= 4 is 34.8 Å². The predicted octanol–water partition coefficient (Wildman–Crippen LogP) is 2.00. The van der Waals surface area contributed by atoms with Gasteiger partial charge in [0.15, 0.2) is 5.15 Å². The SMILES string of the molecule is COC(CN)CC(=O)Nc1c(C)cc(Cl)nc1Cl. The van der Waals surface area contributed by atoms with Crippen molar-refractivity contribution < 1.29 is 9.53 Å². The highest BCUT2D eigenvalue weighted by molar-refractivity contribution is 6.34. The van der Waals surface area contributed by atoms with Gasteiger partial charge in [-0.1, -0.05) is 23.2 Å². The van der Waals surface area contributed by atoms with Crippen LogP contribution in [0.4, 0.5) is 5.69 Å². The number of halogens is 2. The number of hydrogen-bond acceptors (Lipinski definition) is 4. The summed E-state index contributed by atoms with van der Waals surface area (Å²) in [4.78, 5) is 15.6. The molecule has 0 fully saturated rings. The van der Waals surface area contributed by atoms with Crippen molar-refractivity contribution in [3.05, 3.63) is 21.9 Å². The molecule has 1 unspecified atom stereocenters. The van der Waals surface area contributed by atoms with Gasteiger partial charge in [-0.25, -0.2) is 4.98 Å². The Morgan fingerprint density at radius 3 is 2.78 bits per heavy atom. The van der Waals surface area contributed by atoms with Crippen LogP contribution in [0.3, 0.4) is 0 Å². The average Bonchev–Trinajstić information content (AvgIpc) is 2.30. The largest absolute Gasteiger partial charge is 0.380 e. The quantitative estimate of drug-likeness (QED) is 0.814. The number of rotatable bonds is 5. The molecule has 5 nitrogen and oxygen atoms in total. The molecule has 1 amide bonds. The normalized spacial score (nSPS) is 12.3. The van der Waals surface area contributed by atoms with E-state index in [0.717, 1.165) is 5.56 Å². The van der Waals surface area contributed by atoms with Crippen molar-refractivity contribution in [1.82, 2.24) is 4.98 Å². The Bertz CT molecular complexity index is 413. The fraction of sp³-hybridized carbons (Fsp3) is 0.455. The lowest BCUT2D eigenvalue weighted by Crippen LogP contribution is -2.28. The van der Waals surface area contributed by atoms with Crippen molar-refractivity contribution in [3.8, 4) is 0 Å². The number of nitrogens with one attached hydrogen (secondary N) is 1. The minimum atomic E-state index is -0.315. The number of nitrogens with zero attached hydrogens (tertiary/aromatic N) is 1. The second-order valence-corrected chi connectivity index (χ2v) is 4.52. The summed E-state index contributed by atoms with van der Waals surface area (Å²) in [6, 6.07) is 1.62. The van der Waals surface area contributed by atoms with Crippen LogP contribution in [-0.4, -0.2) is 30.6 Å². The number of carbonyl (C=O) groups excluding carboxylic acids is 1. The second-order valence-electron chi connectivity index (χ2n) is 3.77. The number of hydrogen-bond donors (Lipinski definition) is 2. The summed E-state index contributed by atoms with van der Waals surface area (Å²) < 4.78 is 5.03. The summed E-state index contributed by atoms with van der Waals surface area (Å²) in [6.07, 6.45) is -0.157. The smallest absolute Gasteiger partial charge is 0.227 e. The number of pyridine rings is 1. The standard InChI is InChI=1S/C11H15Cl2N3O2/c1-6-3-8(12)15-11(13)10(6)16-9(17)4-7(5-14)18-2/h3,7H,4-5,14H2,1-2H3,(H,16,17). The molecule has 1 atom stereocenters. The zero-order valence-corrected chi connectivity index (χ0v) is 11.7. The van der Waals surface area contributed by atoms with Gasteiger partial charge in [-0.2, -0.15) is 0 Å². The number of nitrogens with two attached hydrogens (primary N) is 1. The van der Waals surface area contributed by atoms with Crippen LogP contribution < -0.4 is 11.1 Å². The molecule has 0 aliphatic heterocycles. The van der Waals surface area contributed by atoms with Gasteiger partial charge < -0.3 is 15.8 Å². The molecule has 0 radical (unpaired) electrons. The Morgan fingerprint density at radius 1 is 1.61 bits per heavy atom. The van der Waals surface area contributed by atoms with Crippen LogP contribution in [0.1, 0.15) is 12.0 Å². The molecular formula is C11H15Cl2N3O2. The number of carbonyl (C=O) groups is 1. The Kier molecular flexibility index (Phi) is 5.81. The minimum Gasteiger partial charge on any atom is -0.380 e. The third-order valence-electron chi connectivity index (χ3n) is 2.41. The van der Waals surface area contributed by atoms with Gasteiger partial charge in [-0.15, -0.1) is 0 Å². The summed E-state index contributed by atoms with van der Waals surface area (Å²) in [5, 5.41) is 3.12. The van der Waals surface area contributed by atoms with Gasteiger partial charge >= 0.3 is 0 Å². The van der Waals surface area contributed by atoms with E-state index in [-0.39, 0.29) is 35.3 Å². The maximum Gasteiger partial charge on any atom is 0.227 e. The first kappa shape index (κ1) is 15.2. The molecule has 1 heterocycles. The van der Waals surface area contributed by atoms with Gasteiger partial charge in [0, 0.05) is 13.7 Å². The van der Waals surface area contributed by atoms with Crippen molar-refractivity contribution in [3.63, 3.8) is 0 Å². The molecule has 3 N–H and O–H groups in total. The van der Waals surface area contributed by atoms with E-state index in [0.29, 0.717) is 5.69 Å². The number of aryl methyl sites for hydroxylation is 1. The molecule has 18 heavy (non-hydrogen) atoms. The third-order valence-corrected chi connectivity index (χ3v) is 2.88. The lowest BCUT2D eigenvalue weighted by Gasteiger charge is -2.14. The average molecular weight is 292 g/mol. The Morgan fingerprint density at radius 2 is 2.28 bits per heavy atom. The van der Waals surface area contributed by atoms with Gasteiger partial charge in [-0.05, 0) is 18.6 Å². The molecule has 1 aromatic heterocycles. The highest BCUT2D eigenvalue weighted by Gasteiger charge is 2.15. The molecule has 0 aromatic carbocycles. The van der Waals surface area contributed by atoms with Crippen LogP contribution in [0.2, 0.25) is 10.3 Å². The van der Waals surface area contributed by atoms with E-state index >= 15 is 0 Å². The van der Waals surface area contributed by atoms with Crippen molar-refractivity contribution in [2.75, 3.05) is 19.0 Å². The van der Waals surface area contributed by atoms with Crippen LogP contribution in [0, 0.1) is 6.92 Å². The second kappa shape index (κ2) is 6.89. The lowest BCUT2D eigenvalue weighted by atomic mass is 10.2. The zero-order chi connectivity index (χ0) is 13.7. The summed E-state index contributed by atoms with van der Waals surface area (Å²) >= 11 is 11.7. The van der Waals surface area contributed by atoms with Crippen LogP contribution in [-0.2, 0) is 9.53 Å². The summed E-state index contributed by atoms with van der Waals surface area (Å²) in [5.41, 5.74) is 6.65. The van der Waals surface area contributed by atoms with E-state index in [1.807, 2.05) is 0 Å². The topological polar surface area (TPSA) is 77.2 Å². The molecular weight excluding hydrogens is 277 g/mol. The maximum absolute atomic E-state index is 11.8. The number of anilines is 1. The van der Waals surface area contributed by atoms with E-state index in [1.165, 1.54) is 7.11 Å². The predicted molar refractivity (Wildman–Crippen MR) is 72.1 cm³/mol. The number of ether oxygens (including phenoxy) is 1. The first-order chi connectivity index (χ1) is 8.47. The number of methoxy groups -OCH3 is 1. The summed E-state index contributed by atoms with van der Waals surface area (Å²) in [5.74, 6) is -0.235. The van der Waals surface area contributed by atoms with Gasteiger partial charge in [0.2, 0.25) is 5.91 Å². The molecule has 0 saturated carbocycles. The highest BCUT2D eigenvalue weighted by Crippen LogP contribution is 2.26. The van der Waals surface area contributed by atoms with Crippen molar-refractivity contribution in [1.29, 1.82) is 0 Å². The number of amides is 1. The molecule has 0 spiro atoms. The molecule has 1 rings (SSSR count). The van der Waals surface area contributed by atoms with Crippen molar-refractivity contribution in [2.45, 2.75) is 19.4 Å². The van der Waals surface area contributed by atoms with Gasteiger partial charge in [0.05, 0.1) is 18.2 Å². The van der Waals surface area contributed by atoms with Crippen molar-refractivity contribution in [2.24, 2.45) is 5.73 Å². The van der Waals surface area contributed by atoms with Gasteiger partial charge in [-0.3, -0.25) is 4.79 Å². The molecule has 0 aliphatic rings. The van der Waals surface area contributed by atoms with Gasteiger partial charge in [0.1, 0.15) is 5.15 Å². The number of aromatic nitrogens is 1. The first-order valence-corrected chi connectivity index (χ1v) is 6.08. The molecule has 1 aromatic rings. The molecule has 7 heteroatoms. The lowest BCUT2D eigenvalue weighted by molar-refractivity contribution is -0.118. The van der Waals surface area contributed by atoms with Crippen LogP contribution in [0.15, 0.2) is 6.07 Å². The van der Waals surface area contributed by atoms with E-state index in [9.17, 15) is 4.79 Å². The third kappa shape index (κ3) is 4.10. The van der Waals surface area contributed by atoms with E-state index in [2.05, 4.69) is 10.3 Å². The molecule has 100 valence electrons. The first-order valence-electron chi connectivity index (χ1n) is 5.33. The van der Waals surface area contributed by atoms with E-state index in [1.54, 1.807) is 13.0 Å². The van der Waals surface area contributed by atoms with Crippen LogP contribution >= 0.6 is 23.2 Å². The van der Waals surface area contributed by atoms with Crippen LogP contribution in [0.25, 0.3) is 0 Å². The van der Waals surface area contributed by atoms with Gasteiger partial charge in [0.25, 0.3) is 0 Å². The van der Waals surface area contributed by atoms with E-state index in [4.69, 9.17) is 33.7 Å². The molecule has 0 saturated heterocycles.